The van der Waals surface area contributed by atoms with Crippen LogP contribution in [0.5, 0.6) is 0 Å². The number of benzene rings is 1. The molecule has 0 saturated heterocycles. The fourth-order valence-electron chi connectivity index (χ4n) is 3.05. The third-order valence-corrected chi connectivity index (χ3v) is 4.54. The van der Waals surface area contributed by atoms with Crippen molar-refractivity contribution in [3.63, 3.8) is 0 Å². The van der Waals surface area contributed by atoms with E-state index in [1.807, 2.05) is 0 Å². The van der Waals surface area contributed by atoms with Gasteiger partial charge < -0.3 is 10.4 Å². The lowest BCUT2D eigenvalue weighted by Crippen LogP contribution is -2.37. The minimum absolute atomic E-state index is 0.173. The summed E-state index contributed by atoms with van der Waals surface area (Å²) in [5.41, 5.74) is 3.90. The van der Waals surface area contributed by atoms with E-state index in [0.717, 1.165) is 25.7 Å². The van der Waals surface area contributed by atoms with Crippen molar-refractivity contribution < 1.29 is 9.90 Å². The van der Waals surface area contributed by atoms with Crippen molar-refractivity contribution in [2.75, 3.05) is 0 Å². The topological polar surface area (TPSA) is 49.3 Å². The maximum absolute atomic E-state index is 11.1. The van der Waals surface area contributed by atoms with Crippen molar-refractivity contribution in [3.05, 3.63) is 34.9 Å². The molecular weight excluding hydrogens is 250 g/mol. The molecule has 3 heteroatoms. The van der Waals surface area contributed by atoms with Gasteiger partial charge in [0.15, 0.2) is 0 Å². The van der Waals surface area contributed by atoms with Crippen LogP contribution in [0.15, 0.2) is 18.2 Å². The number of carbonyl (C=O) groups is 1. The molecule has 3 nitrogen and oxygen atoms in total. The second-order valence-corrected chi connectivity index (χ2v) is 6.13. The van der Waals surface area contributed by atoms with Crippen molar-refractivity contribution >= 4 is 5.97 Å². The van der Waals surface area contributed by atoms with Crippen LogP contribution in [0.3, 0.4) is 0 Å². The lowest BCUT2D eigenvalue weighted by Gasteiger charge is -2.30. The maximum Gasteiger partial charge on any atom is 0.306 e. The SMILES string of the molecule is Cc1ccc(C(C)NC2CCCC(C(=O)O)C2)cc1C. The molecular formula is C17H25NO2. The van der Waals surface area contributed by atoms with Gasteiger partial charge in [-0.1, -0.05) is 24.6 Å². The van der Waals surface area contributed by atoms with Gasteiger partial charge in [0.25, 0.3) is 0 Å². The number of carboxylic acids is 1. The lowest BCUT2D eigenvalue weighted by molar-refractivity contribution is -0.143. The average Bonchev–Trinajstić information content (AvgIpc) is 2.42. The molecule has 0 aliphatic heterocycles. The maximum atomic E-state index is 11.1. The molecule has 0 heterocycles. The second-order valence-electron chi connectivity index (χ2n) is 6.13. The summed E-state index contributed by atoms with van der Waals surface area (Å²) in [4.78, 5) is 11.1. The molecule has 1 fully saturated rings. The van der Waals surface area contributed by atoms with Crippen molar-refractivity contribution in [1.82, 2.24) is 5.32 Å². The summed E-state index contributed by atoms with van der Waals surface area (Å²) in [6.45, 7) is 6.41. The van der Waals surface area contributed by atoms with Crippen LogP contribution in [0, 0.1) is 19.8 Å². The van der Waals surface area contributed by atoms with E-state index in [-0.39, 0.29) is 12.0 Å². The van der Waals surface area contributed by atoms with Gasteiger partial charge in [-0.25, -0.2) is 0 Å². The third-order valence-electron chi connectivity index (χ3n) is 4.54. The fraction of sp³-hybridized carbons (Fsp3) is 0.588. The molecule has 20 heavy (non-hydrogen) atoms. The summed E-state index contributed by atoms with van der Waals surface area (Å²) in [5, 5.41) is 12.7. The molecule has 1 aliphatic carbocycles. The highest BCUT2D eigenvalue weighted by Crippen LogP contribution is 2.27. The Bertz CT molecular complexity index is 484. The first-order valence-electron chi connectivity index (χ1n) is 7.53. The summed E-state index contributed by atoms with van der Waals surface area (Å²) in [6, 6.07) is 7.14. The van der Waals surface area contributed by atoms with Gasteiger partial charge in [-0.05, 0) is 56.7 Å². The van der Waals surface area contributed by atoms with Gasteiger partial charge in [0.1, 0.15) is 0 Å². The highest BCUT2D eigenvalue weighted by molar-refractivity contribution is 5.70. The summed E-state index contributed by atoms with van der Waals surface area (Å²) >= 11 is 0. The first-order valence-corrected chi connectivity index (χ1v) is 7.53. The fourth-order valence-corrected chi connectivity index (χ4v) is 3.05. The summed E-state index contributed by atoms with van der Waals surface area (Å²) in [5.74, 6) is -0.816. The molecule has 3 unspecified atom stereocenters. The molecule has 1 aromatic carbocycles. The van der Waals surface area contributed by atoms with Crippen LogP contribution in [-0.2, 0) is 4.79 Å². The first kappa shape index (κ1) is 15.0. The van der Waals surface area contributed by atoms with Crippen LogP contribution in [0.1, 0.15) is 55.3 Å². The molecule has 0 aromatic heterocycles. The lowest BCUT2D eigenvalue weighted by atomic mass is 9.85. The number of carboxylic acid groups (broad SMARTS) is 1. The highest BCUT2D eigenvalue weighted by atomic mass is 16.4. The number of aryl methyl sites for hydroxylation is 2. The quantitative estimate of drug-likeness (QED) is 0.882. The largest absolute Gasteiger partial charge is 0.481 e. The van der Waals surface area contributed by atoms with E-state index in [9.17, 15) is 4.79 Å². The van der Waals surface area contributed by atoms with Crippen molar-refractivity contribution in [3.8, 4) is 0 Å². The Balaban J connectivity index is 1.98. The third kappa shape index (κ3) is 3.60. The molecule has 1 aliphatic rings. The predicted molar refractivity (Wildman–Crippen MR) is 80.8 cm³/mol. The van der Waals surface area contributed by atoms with E-state index in [1.165, 1.54) is 16.7 Å². The Hall–Kier alpha value is -1.35. The van der Waals surface area contributed by atoms with Crippen LogP contribution >= 0.6 is 0 Å². The molecule has 0 bridgehead atoms. The van der Waals surface area contributed by atoms with Crippen LogP contribution < -0.4 is 5.32 Å². The number of hydrogen-bond acceptors (Lipinski definition) is 2. The molecule has 2 rings (SSSR count). The number of rotatable bonds is 4. The second kappa shape index (κ2) is 6.40. The average molecular weight is 275 g/mol. The Morgan fingerprint density at radius 1 is 1.30 bits per heavy atom. The number of hydrogen-bond donors (Lipinski definition) is 2. The van der Waals surface area contributed by atoms with Gasteiger partial charge in [-0.15, -0.1) is 0 Å². The number of aliphatic carboxylic acids is 1. The van der Waals surface area contributed by atoms with Gasteiger partial charge in [-0.3, -0.25) is 4.79 Å². The van der Waals surface area contributed by atoms with E-state index >= 15 is 0 Å². The molecule has 0 amide bonds. The van der Waals surface area contributed by atoms with Crippen LogP contribution in [0.4, 0.5) is 0 Å². The zero-order chi connectivity index (χ0) is 14.7. The molecule has 3 atom stereocenters. The molecule has 0 spiro atoms. The van der Waals surface area contributed by atoms with Gasteiger partial charge in [-0.2, -0.15) is 0 Å². The van der Waals surface area contributed by atoms with Crippen molar-refractivity contribution in [2.45, 2.75) is 58.5 Å². The van der Waals surface area contributed by atoms with E-state index in [0.29, 0.717) is 6.04 Å². The Morgan fingerprint density at radius 2 is 2.05 bits per heavy atom. The normalized spacial score (nSPS) is 24.4. The molecule has 1 saturated carbocycles. The van der Waals surface area contributed by atoms with Crippen molar-refractivity contribution in [2.24, 2.45) is 5.92 Å². The smallest absolute Gasteiger partial charge is 0.306 e. The minimum atomic E-state index is -0.643. The Labute approximate surface area is 121 Å². The molecule has 0 radical (unpaired) electrons. The van der Waals surface area contributed by atoms with E-state index < -0.39 is 5.97 Å². The van der Waals surface area contributed by atoms with E-state index in [2.05, 4.69) is 44.3 Å². The van der Waals surface area contributed by atoms with Gasteiger partial charge in [0.05, 0.1) is 5.92 Å². The van der Waals surface area contributed by atoms with Crippen LogP contribution in [0.25, 0.3) is 0 Å². The van der Waals surface area contributed by atoms with Crippen molar-refractivity contribution in [1.29, 1.82) is 0 Å². The Morgan fingerprint density at radius 3 is 2.70 bits per heavy atom. The summed E-state index contributed by atoms with van der Waals surface area (Å²) in [7, 11) is 0. The predicted octanol–water partition coefficient (Wildman–Crippen LogP) is 3.60. The standard InChI is InChI=1S/C17H25NO2/c1-11-7-8-14(9-12(11)2)13(3)18-16-6-4-5-15(10-16)17(19)20/h7-9,13,15-16,18H,4-6,10H2,1-3H3,(H,19,20). The monoisotopic (exact) mass is 275 g/mol. The zero-order valence-electron chi connectivity index (χ0n) is 12.6. The van der Waals surface area contributed by atoms with E-state index in [1.54, 1.807) is 0 Å². The zero-order valence-corrected chi connectivity index (χ0v) is 12.6. The molecule has 1 aromatic rings. The van der Waals surface area contributed by atoms with Gasteiger partial charge in [0, 0.05) is 12.1 Å². The Kier molecular flexibility index (Phi) is 4.81. The van der Waals surface area contributed by atoms with E-state index in [4.69, 9.17) is 5.11 Å². The highest BCUT2D eigenvalue weighted by Gasteiger charge is 2.27. The number of nitrogens with one attached hydrogen (secondary N) is 1. The van der Waals surface area contributed by atoms with Gasteiger partial charge in [0.2, 0.25) is 0 Å². The summed E-state index contributed by atoms with van der Waals surface area (Å²) < 4.78 is 0. The first-order chi connectivity index (χ1) is 9.47. The van der Waals surface area contributed by atoms with Crippen LogP contribution in [-0.4, -0.2) is 17.1 Å². The summed E-state index contributed by atoms with van der Waals surface area (Å²) in [6.07, 6.45) is 3.67. The molecule has 2 N–H and O–H groups in total. The molecule has 110 valence electrons. The van der Waals surface area contributed by atoms with Gasteiger partial charge >= 0.3 is 5.97 Å². The minimum Gasteiger partial charge on any atom is -0.481 e. The van der Waals surface area contributed by atoms with Crippen LogP contribution in [0.2, 0.25) is 0 Å².